The maximum absolute atomic E-state index is 12.7. The molecule has 0 radical (unpaired) electrons. The Morgan fingerprint density at radius 2 is 0.910 bits per heavy atom. The summed E-state index contributed by atoms with van der Waals surface area (Å²) in [5.74, 6) is -2.34. The van der Waals surface area contributed by atoms with E-state index >= 15 is 0 Å². The summed E-state index contributed by atoms with van der Waals surface area (Å²) in [4.78, 5) is 35.1. The summed E-state index contributed by atoms with van der Waals surface area (Å²) in [5, 5.41) is 14.4. The zero-order valence-electron chi connectivity index (χ0n) is 41.6. The number of carbonyl (C=O) groups excluding carboxylic acids is 2. The summed E-state index contributed by atoms with van der Waals surface area (Å²) in [6.45, 7) is 2.41. The van der Waals surface area contributed by atoms with Crippen molar-refractivity contribution in [3.05, 3.63) is 230 Å². The van der Waals surface area contributed by atoms with E-state index in [1.54, 1.807) is 43.3 Å². The monoisotopic (exact) mass is 1320 g/mol. The lowest BCUT2D eigenvalue weighted by atomic mass is 10.00. The molecule has 2 aliphatic heterocycles. The molecule has 0 saturated carbocycles. The van der Waals surface area contributed by atoms with Crippen molar-refractivity contribution >= 4 is 98.0 Å². The van der Waals surface area contributed by atoms with Gasteiger partial charge in [-0.05, 0) is 90.7 Å². The third-order valence-electron chi connectivity index (χ3n) is 11.7. The van der Waals surface area contributed by atoms with Crippen LogP contribution in [0, 0.1) is 0 Å². The van der Waals surface area contributed by atoms with Gasteiger partial charge in [0.15, 0.2) is 11.6 Å². The van der Waals surface area contributed by atoms with Crippen molar-refractivity contribution in [2.75, 3.05) is 23.8 Å². The highest BCUT2D eigenvalue weighted by Crippen LogP contribution is 2.30. The fraction of sp³-hybridized carbons (Fsp3) is 0.175. The predicted octanol–water partition coefficient (Wildman–Crippen LogP) is 11.4. The van der Waals surface area contributed by atoms with E-state index in [-0.39, 0.29) is 72.2 Å². The van der Waals surface area contributed by atoms with Gasteiger partial charge >= 0.3 is 11.9 Å². The number of rotatable bonds is 15. The number of carboxylic acid groups (broad SMARTS) is 1. The second kappa shape index (κ2) is 30.7. The van der Waals surface area contributed by atoms with Gasteiger partial charge < -0.3 is 39.9 Å². The Morgan fingerprint density at radius 3 is 1.33 bits per heavy atom. The topological polar surface area (TPSA) is 239 Å². The Kier molecular flexibility index (Phi) is 24.2. The van der Waals surface area contributed by atoms with Crippen LogP contribution in [0.4, 0.5) is 11.4 Å². The molecule has 21 heteroatoms. The number of aromatic nitrogens is 3. The number of esters is 1. The van der Waals surface area contributed by atoms with E-state index in [1.165, 1.54) is 17.7 Å². The van der Waals surface area contributed by atoms with Crippen LogP contribution in [-0.2, 0) is 39.2 Å². The van der Waals surface area contributed by atoms with E-state index in [9.17, 15) is 31.2 Å². The molecule has 408 valence electrons. The molecule has 10 rings (SSSR count). The van der Waals surface area contributed by atoms with E-state index in [0.717, 1.165) is 11.1 Å². The fourth-order valence-electron chi connectivity index (χ4n) is 8.19. The van der Waals surface area contributed by atoms with E-state index in [2.05, 4.69) is 73.4 Å². The van der Waals surface area contributed by atoms with Gasteiger partial charge in [-0.1, -0.05) is 123 Å². The number of ether oxygens (including phenoxy) is 1. The van der Waals surface area contributed by atoms with Crippen LogP contribution in [0.2, 0.25) is 0 Å². The second-order valence-corrected chi connectivity index (χ2v) is 19.9. The maximum atomic E-state index is 12.7. The van der Waals surface area contributed by atoms with Gasteiger partial charge in [0.25, 0.3) is 20.0 Å². The van der Waals surface area contributed by atoms with Crippen molar-refractivity contribution in [2.24, 2.45) is 14.5 Å². The molecule has 3 atom stereocenters. The number of benzene rings is 5. The molecule has 5 N–H and O–H groups in total. The Labute approximate surface area is 478 Å². The van der Waals surface area contributed by atoms with Crippen molar-refractivity contribution in [2.45, 2.75) is 61.5 Å². The first-order chi connectivity index (χ1) is 37.3. The molecule has 0 bridgehead atoms. The van der Waals surface area contributed by atoms with Crippen LogP contribution in [0.5, 0.6) is 0 Å². The molecule has 0 aliphatic carbocycles. The Balaban J connectivity index is 0.000000196. The number of carboxylic acids is 1. The van der Waals surface area contributed by atoms with Crippen molar-refractivity contribution in [3.63, 3.8) is 0 Å². The van der Waals surface area contributed by atoms with Gasteiger partial charge in [-0.2, -0.15) is 16.8 Å². The number of nitrogens with one attached hydrogen (secondary N) is 2. The van der Waals surface area contributed by atoms with Crippen LogP contribution in [0.1, 0.15) is 68.4 Å². The van der Waals surface area contributed by atoms with Gasteiger partial charge in [0.05, 0.1) is 42.5 Å². The highest BCUT2D eigenvalue weighted by molar-refractivity contribution is 15.0. The number of amidine groups is 2. The second-order valence-electron chi connectivity index (χ2n) is 16.8. The molecule has 17 nitrogen and oxygen atoms in total. The normalized spacial score (nSPS) is 14.1. The van der Waals surface area contributed by atoms with Crippen molar-refractivity contribution in [1.82, 2.24) is 13.7 Å². The number of carbonyl (C=O) groups is 3. The van der Waals surface area contributed by atoms with Crippen LogP contribution in [0.3, 0.4) is 0 Å². The first kappa shape index (κ1) is 61.7. The quantitative estimate of drug-likeness (QED) is 0.0554. The van der Waals surface area contributed by atoms with E-state index in [0.29, 0.717) is 24.3 Å². The number of para-hydroxylation sites is 2. The largest absolute Gasteiger partial charge is 0.481 e. The van der Waals surface area contributed by atoms with Crippen molar-refractivity contribution in [1.29, 1.82) is 0 Å². The molecule has 0 saturated heterocycles. The van der Waals surface area contributed by atoms with Crippen molar-refractivity contribution < 1.29 is 41.1 Å². The molecule has 0 fully saturated rings. The van der Waals surface area contributed by atoms with E-state index in [4.69, 9.17) is 15.6 Å². The maximum Gasteiger partial charge on any atom is 0.375 e. The average Bonchev–Trinajstić information content (AvgIpc) is 4.30. The van der Waals surface area contributed by atoms with Gasteiger partial charge in [0.2, 0.25) is 5.84 Å². The highest BCUT2D eigenvalue weighted by Gasteiger charge is 2.30. The van der Waals surface area contributed by atoms with Crippen molar-refractivity contribution in [3.8, 4) is 0 Å². The molecular formula is C57H60I2N8O9S2. The summed E-state index contributed by atoms with van der Waals surface area (Å²) in [7, 11) is -7.70. The summed E-state index contributed by atoms with van der Waals surface area (Å²) in [6, 6.07) is 54.4. The SMILES string of the molecule is C.CCOC(=O)C1=NS(=O)(=O)c2ccccc2N1.II.NCC(c1ccccc1)n1cccc1.O=C(CCC(c1ccccc1)n1cccc1)C1=NS(=O)(=O)c2ccccc2N1.O=C(O)CC(c1ccccc1)n1cccc1. The predicted molar refractivity (Wildman–Crippen MR) is 323 cm³/mol. The third kappa shape index (κ3) is 17.2. The minimum Gasteiger partial charge on any atom is -0.481 e. The molecule has 5 aromatic carbocycles. The number of anilines is 2. The summed E-state index contributed by atoms with van der Waals surface area (Å²) in [6.07, 6.45) is 12.6. The third-order valence-corrected chi connectivity index (χ3v) is 14.4. The molecule has 5 heterocycles. The minimum absolute atomic E-state index is 0. The number of nitrogens with two attached hydrogens (primary N) is 1. The van der Waals surface area contributed by atoms with Gasteiger partial charge in [0.1, 0.15) is 9.79 Å². The smallest absolute Gasteiger partial charge is 0.375 e. The van der Waals surface area contributed by atoms with Crippen LogP contribution in [0.25, 0.3) is 0 Å². The summed E-state index contributed by atoms with van der Waals surface area (Å²) < 4.78 is 66.1. The number of fused-ring (bicyclic) bond motifs is 2. The Morgan fingerprint density at radius 1 is 0.551 bits per heavy atom. The number of ketones is 1. The summed E-state index contributed by atoms with van der Waals surface area (Å²) in [5.41, 5.74) is 9.84. The van der Waals surface area contributed by atoms with Crippen LogP contribution < -0.4 is 16.4 Å². The number of Topliss-reactive ketones (excluding diaryl/α,β-unsaturated/α-hetero) is 1. The fourth-order valence-corrected chi connectivity index (χ4v) is 10.4. The van der Waals surface area contributed by atoms with E-state index in [1.807, 2.05) is 162 Å². The minimum atomic E-state index is -3.87. The van der Waals surface area contributed by atoms with Gasteiger partial charge in [-0.3, -0.25) is 9.59 Å². The van der Waals surface area contributed by atoms with Gasteiger partial charge in [-0.25, -0.2) is 4.79 Å². The number of halogens is 2. The average molecular weight is 1320 g/mol. The Hall–Kier alpha value is -7.19. The van der Waals surface area contributed by atoms with Gasteiger partial charge in [-0.15, -0.1) is 8.80 Å². The van der Waals surface area contributed by atoms with Gasteiger partial charge in [0, 0.05) is 87.4 Å². The highest BCUT2D eigenvalue weighted by atomic mass is 128. The number of aliphatic carboxylic acids is 1. The number of nitrogens with zero attached hydrogens (tertiary/aromatic N) is 5. The number of hydrogen-bond acceptors (Lipinski definition) is 11. The first-order valence-electron chi connectivity index (χ1n) is 24.0. The zero-order valence-corrected chi connectivity index (χ0v) is 47.5. The van der Waals surface area contributed by atoms with E-state index < -0.39 is 32.0 Å². The molecular weight excluding hydrogens is 1260 g/mol. The van der Waals surface area contributed by atoms with Crippen LogP contribution in [-0.4, -0.2) is 78.2 Å². The molecule has 8 aromatic rings. The lowest BCUT2D eigenvalue weighted by molar-refractivity contribution is -0.138. The summed E-state index contributed by atoms with van der Waals surface area (Å²) >= 11 is 4.24. The molecule has 0 spiro atoms. The molecule has 78 heavy (non-hydrogen) atoms. The Bertz CT molecular complexity index is 3420. The standard InChI is InChI=1S/C21H19N3O3S.C13H13NO2.C12H14N2.C10H10N2O4S.CH4.I2/c25-19(21-22-17-10-4-5-11-20(17)28(26,27)23-21)13-12-18(24-14-6-7-15-24)16-8-2-1-3-9-16;15-13(16)10-12(14-8-4-5-9-14)11-6-2-1-3-7-11;13-10-12(14-8-4-5-9-14)11-6-2-1-3-7-11;1-2-16-10(13)9-11-7-5-3-4-6-8(7)17(14,15)12-9;;1-2/h1-11,14-15,18H,12-13H2,(H,22,23);1-9,12H,10H2,(H,15,16);1-9,12H,10,13H2;3-6H,2H2,1H3,(H,11,12);1H4;. The van der Waals surface area contributed by atoms with Crippen LogP contribution in [0.15, 0.2) is 232 Å². The molecule has 3 aromatic heterocycles. The lowest BCUT2D eigenvalue weighted by Crippen LogP contribution is -2.30. The molecule has 0 amide bonds. The lowest BCUT2D eigenvalue weighted by Gasteiger charge is -2.21. The number of sulfonamides is 2. The van der Waals surface area contributed by atoms with Crippen LogP contribution >= 0.6 is 37.2 Å². The molecule has 3 unspecified atom stereocenters. The first-order valence-corrected chi connectivity index (χ1v) is 33.1. The number of hydrogen-bond donors (Lipinski definition) is 4. The molecule has 2 aliphatic rings. The zero-order chi connectivity index (χ0) is 55.2.